The number of ether oxygens (including phenoxy) is 1. The molecular formula is C37H27N3O6S. The maximum atomic E-state index is 13.9. The lowest BCUT2D eigenvalue weighted by atomic mass is 10.0. The Bertz CT molecular complexity index is 2050. The van der Waals surface area contributed by atoms with Crippen LogP contribution in [0.3, 0.4) is 0 Å². The molecule has 1 aliphatic rings. The van der Waals surface area contributed by atoms with E-state index in [-0.39, 0.29) is 22.9 Å². The van der Waals surface area contributed by atoms with Crippen molar-refractivity contribution in [3.63, 3.8) is 0 Å². The summed E-state index contributed by atoms with van der Waals surface area (Å²) in [4.78, 5) is 52.2. The van der Waals surface area contributed by atoms with Crippen molar-refractivity contribution in [3.8, 4) is 28.2 Å². The van der Waals surface area contributed by atoms with E-state index in [0.717, 1.165) is 22.5 Å². The highest BCUT2D eigenvalue weighted by Crippen LogP contribution is 2.38. The molecule has 47 heavy (non-hydrogen) atoms. The van der Waals surface area contributed by atoms with Gasteiger partial charge in [0.25, 0.3) is 11.8 Å². The van der Waals surface area contributed by atoms with E-state index in [1.54, 1.807) is 19.1 Å². The van der Waals surface area contributed by atoms with Gasteiger partial charge in [0.2, 0.25) is 0 Å². The van der Waals surface area contributed by atoms with Gasteiger partial charge in [-0.25, -0.2) is 9.59 Å². The van der Waals surface area contributed by atoms with Crippen LogP contribution in [0.2, 0.25) is 0 Å². The first-order chi connectivity index (χ1) is 22.8. The molecule has 4 aromatic carbocycles. The molecule has 0 radical (unpaired) electrons. The highest BCUT2D eigenvalue weighted by molar-refractivity contribution is 7.80. The molecule has 5 aromatic rings. The molecule has 0 unspecified atom stereocenters. The summed E-state index contributed by atoms with van der Waals surface area (Å²) in [5.41, 5.74) is 5.09. The average molecular weight is 642 g/mol. The zero-order chi connectivity index (χ0) is 33.1. The number of nitrogens with one attached hydrogen (secondary N) is 1. The SMILES string of the molecule is CCOC(=O)c1ccc(-n2c(-c3ccccc3)cc(/C=C3/C(=O)NC(=S)N(c4ccc(C(=O)O)cc4)C3=O)c2-c2ccccc2)cc1. The third kappa shape index (κ3) is 6.09. The molecule has 0 bridgehead atoms. The standard InChI is InChI=1S/C37H27N3O6S/c1-2-46-36(45)26-15-19-28(20-16-26)39-31(23-9-5-3-6-10-23)22-27(32(39)24-11-7-4-8-12-24)21-30-33(41)38-37(47)40(34(30)42)29-17-13-25(14-18-29)35(43)44/h3-22H,2H2,1H3,(H,43,44)(H,38,41,47)/b30-21-. The predicted octanol–water partition coefficient (Wildman–Crippen LogP) is 6.52. The fourth-order valence-electron chi connectivity index (χ4n) is 5.38. The van der Waals surface area contributed by atoms with Crippen LogP contribution >= 0.6 is 12.2 Å². The van der Waals surface area contributed by atoms with Gasteiger partial charge in [-0.15, -0.1) is 0 Å². The van der Waals surface area contributed by atoms with Crippen LogP contribution in [0.15, 0.2) is 121 Å². The first-order valence-corrected chi connectivity index (χ1v) is 15.1. The van der Waals surface area contributed by atoms with Crippen LogP contribution < -0.4 is 10.2 Å². The molecule has 2 heterocycles. The number of aromatic nitrogens is 1. The molecule has 1 aliphatic heterocycles. The first kappa shape index (κ1) is 30.9. The molecule has 6 rings (SSSR count). The summed E-state index contributed by atoms with van der Waals surface area (Å²) < 4.78 is 7.19. The smallest absolute Gasteiger partial charge is 0.338 e. The molecule has 9 nitrogen and oxygen atoms in total. The van der Waals surface area contributed by atoms with Gasteiger partial charge in [-0.1, -0.05) is 60.7 Å². The number of amides is 2. The predicted molar refractivity (Wildman–Crippen MR) is 182 cm³/mol. The summed E-state index contributed by atoms with van der Waals surface area (Å²) in [6, 6.07) is 33.8. The Kier molecular flexibility index (Phi) is 8.59. The van der Waals surface area contributed by atoms with Crippen molar-refractivity contribution in [1.29, 1.82) is 0 Å². The third-order valence-electron chi connectivity index (χ3n) is 7.56. The fraction of sp³-hybridized carbons (Fsp3) is 0.0541. The van der Waals surface area contributed by atoms with Crippen LogP contribution in [0.1, 0.15) is 33.2 Å². The summed E-state index contributed by atoms with van der Waals surface area (Å²) in [5, 5.41) is 11.8. The molecule has 2 N–H and O–H groups in total. The molecule has 1 aromatic heterocycles. The largest absolute Gasteiger partial charge is 0.478 e. The second kappa shape index (κ2) is 13.1. The highest BCUT2D eigenvalue weighted by atomic mass is 32.1. The van der Waals surface area contributed by atoms with Gasteiger partial charge in [-0.2, -0.15) is 0 Å². The van der Waals surface area contributed by atoms with E-state index in [2.05, 4.69) is 5.32 Å². The van der Waals surface area contributed by atoms with Crippen molar-refractivity contribution in [3.05, 3.63) is 138 Å². The maximum Gasteiger partial charge on any atom is 0.338 e. The van der Waals surface area contributed by atoms with E-state index in [9.17, 15) is 24.3 Å². The number of nitrogens with zero attached hydrogens (tertiary/aromatic N) is 2. The van der Waals surface area contributed by atoms with Crippen LogP contribution in [-0.2, 0) is 14.3 Å². The normalized spacial score (nSPS) is 13.9. The Labute approximate surface area is 275 Å². The number of carbonyl (C=O) groups excluding carboxylic acids is 3. The summed E-state index contributed by atoms with van der Waals surface area (Å²) in [6.45, 7) is 2.01. The van der Waals surface area contributed by atoms with Crippen LogP contribution in [0.5, 0.6) is 0 Å². The van der Waals surface area contributed by atoms with Crippen molar-refractivity contribution in [2.45, 2.75) is 6.92 Å². The van der Waals surface area contributed by atoms with Crippen molar-refractivity contribution < 1.29 is 29.0 Å². The number of thiocarbonyl (C=S) groups is 1. The fourth-order valence-corrected chi connectivity index (χ4v) is 5.66. The van der Waals surface area contributed by atoms with Gasteiger partial charge < -0.3 is 14.4 Å². The van der Waals surface area contributed by atoms with E-state index in [4.69, 9.17) is 17.0 Å². The molecule has 232 valence electrons. The number of hydrogen-bond donors (Lipinski definition) is 2. The van der Waals surface area contributed by atoms with Gasteiger partial charge >= 0.3 is 11.9 Å². The van der Waals surface area contributed by atoms with Gasteiger partial charge in [-0.3, -0.25) is 19.8 Å². The quantitative estimate of drug-likeness (QED) is 0.0858. The van der Waals surface area contributed by atoms with Gasteiger partial charge in [0.15, 0.2) is 5.11 Å². The van der Waals surface area contributed by atoms with Gasteiger partial charge in [-0.05, 0) is 90.9 Å². The minimum atomic E-state index is -1.11. The molecule has 10 heteroatoms. The summed E-state index contributed by atoms with van der Waals surface area (Å²) >= 11 is 5.36. The Morgan fingerprint density at radius 2 is 1.38 bits per heavy atom. The second-order valence-corrected chi connectivity index (χ2v) is 10.9. The van der Waals surface area contributed by atoms with E-state index in [1.165, 1.54) is 35.2 Å². The van der Waals surface area contributed by atoms with E-state index in [1.807, 2.05) is 83.4 Å². The summed E-state index contributed by atoms with van der Waals surface area (Å²) in [7, 11) is 0. The molecule has 0 atom stereocenters. The molecule has 2 amide bonds. The van der Waals surface area contributed by atoms with Crippen LogP contribution in [-0.4, -0.2) is 45.1 Å². The molecule has 0 saturated carbocycles. The molecular weight excluding hydrogens is 614 g/mol. The van der Waals surface area contributed by atoms with Crippen LogP contribution in [0, 0.1) is 0 Å². The lowest BCUT2D eigenvalue weighted by Gasteiger charge is -2.29. The number of aromatic carboxylic acids is 1. The van der Waals surface area contributed by atoms with Crippen molar-refractivity contribution >= 4 is 52.8 Å². The number of esters is 1. The minimum Gasteiger partial charge on any atom is -0.478 e. The molecule has 0 spiro atoms. The Morgan fingerprint density at radius 3 is 1.98 bits per heavy atom. The molecule has 1 fully saturated rings. The van der Waals surface area contributed by atoms with Crippen molar-refractivity contribution in [1.82, 2.24) is 9.88 Å². The zero-order valence-electron chi connectivity index (χ0n) is 25.0. The molecule has 0 aliphatic carbocycles. The van der Waals surface area contributed by atoms with Gasteiger partial charge in [0.05, 0.1) is 34.8 Å². The summed E-state index contributed by atoms with van der Waals surface area (Å²) in [6.07, 6.45) is 1.54. The van der Waals surface area contributed by atoms with Gasteiger partial charge in [0.1, 0.15) is 5.57 Å². The summed E-state index contributed by atoms with van der Waals surface area (Å²) in [5.74, 6) is -2.86. The van der Waals surface area contributed by atoms with E-state index >= 15 is 0 Å². The number of rotatable bonds is 8. The zero-order valence-corrected chi connectivity index (χ0v) is 25.9. The second-order valence-electron chi connectivity index (χ2n) is 10.5. The Hall–Kier alpha value is -6.13. The van der Waals surface area contributed by atoms with Crippen molar-refractivity contribution in [2.24, 2.45) is 0 Å². The third-order valence-corrected chi connectivity index (χ3v) is 7.84. The van der Waals surface area contributed by atoms with E-state index in [0.29, 0.717) is 22.5 Å². The number of carboxylic acid groups (broad SMARTS) is 1. The van der Waals surface area contributed by atoms with Crippen LogP contribution in [0.4, 0.5) is 5.69 Å². The van der Waals surface area contributed by atoms with Gasteiger partial charge in [0, 0.05) is 11.3 Å². The first-order valence-electron chi connectivity index (χ1n) is 14.7. The number of hydrogen-bond acceptors (Lipinski definition) is 6. The Balaban J connectivity index is 1.54. The maximum absolute atomic E-state index is 13.9. The van der Waals surface area contributed by atoms with Crippen molar-refractivity contribution in [2.75, 3.05) is 11.5 Å². The average Bonchev–Trinajstić information content (AvgIpc) is 3.47. The topological polar surface area (TPSA) is 118 Å². The highest BCUT2D eigenvalue weighted by Gasteiger charge is 2.35. The lowest BCUT2D eigenvalue weighted by Crippen LogP contribution is -2.54. The number of anilines is 1. The number of benzene rings is 4. The monoisotopic (exact) mass is 641 g/mol. The van der Waals surface area contributed by atoms with Crippen LogP contribution in [0.25, 0.3) is 34.3 Å². The minimum absolute atomic E-state index is 0.0431. The Morgan fingerprint density at radius 1 is 0.809 bits per heavy atom. The lowest BCUT2D eigenvalue weighted by molar-refractivity contribution is -0.122. The van der Waals surface area contributed by atoms with E-state index < -0.39 is 23.8 Å². The number of carbonyl (C=O) groups is 4. The number of carboxylic acids is 1. The molecule has 1 saturated heterocycles.